The second kappa shape index (κ2) is 11.4. The van der Waals surface area contributed by atoms with E-state index in [4.69, 9.17) is 9.16 Å². The van der Waals surface area contributed by atoms with Gasteiger partial charge in [-0.25, -0.2) is 4.79 Å². The van der Waals surface area contributed by atoms with Crippen molar-refractivity contribution in [3.63, 3.8) is 0 Å². The number of β-amino-alcohol motifs (C(OH)–C–C–N with tert-alkyl or cyclic N) is 1. The summed E-state index contributed by atoms with van der Waals surface area (Å²) in [5, 5.41) is 12.9. The molecule has 0 spiro atoms. The number of aliphatic hydroxyl groups is 1. The molecule has 3 aromatic rings. The van der Waals surface area contributed by atoms with Gasteiger partial charge in [-0.15, -0.1) is 0 Å². The summed E-state index contributed by atoms with van der Waals surface area (Å²) < 4.78 is 12.6. The van der Waals surface area contributed by atoms with Crippen molar-refractivity contribution < 1.29 is 19.1 Å². The molecule has 2 atom stereocenters. The standard InChI is InChI=1S/C30H37NO4Si/c1-30(2,3)36(27-15-9-5-10-16-27,28-17-11-6-12-18-28)35-23-25-19-26(32)21-31(20-25)29(33)34-22-24-13-7-4-8-14-24/h4-18,25-26,32H,19-23H2,1-3H3. The van der Waals surface area contributed by atoms with Crippen LogP contribution in [0.4, 0.5) is 4.79 Å². The van der Waals surface area contributed by atoms with Gasteiger partial charge in [0, 0.05) is 25.6 Å². The van der Waals surface area contributed by atoms with E-state index < -0.39 is 20.5 Å². The van der Waals surface area contributed by atoms with Gasteiger partial charge < -0.3 is 19.2 Å². The first-order valence-electron chi connectivity index (χ1n) is 12.7. The van der Waals surface area contributed by atoms with E-state index in [1.54, 1.807) is 4.90 Å². The van der Waals surface area contributed by atoms with Crippen molar-refractivity contribution in [3.8, 4) is 0 Å². The Morgan fingerprint density at radius 3 is 1.94 bits per heavy atom. The lowest BCUT2D eigenvalue weighted by Crippen LogP contribution is -2.67. The number of rotatable bonds is 7. The first-order chi connectivity index (χ1) is 17.3. The molecule has 1 fully saturated rings. The molecule has 0 radical (unpaired) electrons. The van der Waals surface area contributed by atoms with Crippen LogP contribution >= 0.6 is 0 Å². The van der Waals surface area contributed by atoms with Crippen LogP contribution in [0.1, 0.15) is 32.8 Å². The molecule has 1 saturated heterocycles. The van der Waals surface area contributed by atoms with Crippen LogP contribution in [-0.2, 0) is 15.8 Å². The summed E-state index contributed by atoms with van der Waals surface area (Å²) in [5.41, 5.74) is 0.940. The summed E-state index contributed by atoms with van der Waals surface area (Å²) in [6.45, 7) is 8.22. The monoisotopic (exact) mass is 503 g/mol. The maximum Gasteiger partial charge on any atom is 0.410 e. The molecule has 1 aliphatic rings. The van der Waals surface area contributed by atoms with Crippen molar-refractivity contribution in [2.75, 3.05) is 19.7 Å². The van der Waals surface area contributed by atoms with Gasteiger partial charge in [-0.05, 0) is 27.4 Å². The fourth-order valence-corrected chi connectivity index (χ4v) is 9.90. The molecule has 3 aromatic carbocycles. The van der Waals surface area contributed by atoms with E-state index in [1.807, 2.05) is 42.5 Å². The molecule has 4 rings (SSSR count). The lowest BCUT2D eigenvalue weighted by molar-refractivity contribution is 0.0145. The fraction of sp³-hybridized carbons (Fsp3) is 0.367. The Morgan fingerprint density at radius 1 is 0.889 bits per heavy atom. The van der Waals surface area contributed by atoms with Crippen molar-refractivity contribution in [2.24, 2.45) is 5.92 Å². The molecular weight excluding hydrogens is 466 g/mol. The molecule has 5 nitrogen and oxygen atoms in total. The number of benzene rings is 3. The molecule has 1 amide bonds. The number of ether oxygens (including phenoxy) is 1. The SMILES string of the molecule is CC(C)(C)[Si](OCC1CC(O)CN(C(=O)OCc2ccccc2)C1)(c1ccccc1)c1ccccc1. The number of carbonyl (C=O) groups excluding carboxylic acids is 1. The van der Waals surface area contributed by atoms with E-state index in [-0.39, 0.29) is 24.1 Å². The van der Waals surface area contributed by atoms with Crippen LogP contribution in [0, 0.1) is 5.92 Å². The zero-order valence-corrected chi connectivity index (χ0v) is 22.5. The van der Waals surface area contributed by atoms with E-state index in [0.717, 1.165) is 5.56 Å². The topological polar surface area (TPSA) is 59.0 Å². The molecule has 0 bridgehead atoms. The summed E-state index contributed by atoms with van der Waals surface area (Å²) in [5.74, 6) is 0.0136. The number of carbonyl (C=O) groups is 1. The van der Waals surface area contributed by atoms with Gasteiger partial charge in [-0.3, -0.25) is 0 Å². The number of nitrogens with zero attached hydrogens (tertiary/aromatic N) is 1. The van der Waals surface area contributed by atoms with Crippen LogP contribution in [0.15, 0.2) is 91.0 Å². The van der Waals surface area contributed by atoms with E-state index in [9.17, 15) is 9.90 Å². The predicted octanol–water partition coefficient (Wildman–Crippen LogP) is 4.58. The van der Waals surface area contributed by atoms with Gasteiger partial charge in [-0.2, -0.15) is 0 Å². The van der Waals surface area contributed by atoms with E-state index in [1.165, 1.54) is 10.4 Å². The Morgan fingerprint density at radius 2 is 1.42 bits per heavy atom. The highest BCUT2D eigenvalue weighted by Crippen LogP contribution is 2.37. The van der Waals surface area contributed by atoms with Crippen molar-refractivity contribution in [1.29, 1.82) is 0 Å². The van der Waals surface area contributed by atoms with Gasteiger partial charge in [-0.1, -0.05) is 112 Å². The number of aliphatic hydroxyl groups excluding tert-OH is 1. The molecule has 1 heterocycles. The van der Waals surface area contributed by atoms with Crippen molar-refractivity contribution in [1.82, 2.24) is 4.90 Å². The highest BCUT2D eigenvalue weighted by Gasteiger charge is 2.50. The Kier molecular flexibility index (Phi) is 8.29. The minimum absolute atomic E-state index is 0.0136. The van der Waals surface area contributed by atoms with Gasteiger partial charge in [0.15, 0.2) is 0 Å². The Balaban J connectivity index is 1.52. The summed E-state index contributed by atoms with van der Waals surface area (Å²) in [4.78, 5) is 14.4. The maximum absolute atomic E-state index is 12.8. The lowest BCUT2D eigenvalue weighted by Gasteiger charge is -2.44. The number of piperidine rings is 1. The molecule has 6 heteroatoms. The third-order valence-electron chi connectivity index (χ3n) is 6.93. The van der Waals surface area contributed by atoms with E-state index >= 15 is 0 Å². The average molecular weight is 504 g/mol. The summed E-state index contributed by atoms with van der Waals surface area (Å²) in [6, 6.07) is 30.7. The predicted molar refractivity (Wildman–Crippen MR) is 146 cm³/mol. The van der Waals surface area contributed by atoms with Crippen LogP contribution in [0.3, 0.4) is 0 Å². The van der Waals surface area contributed by atoms with Crippen molar-refractivity contribution >= 4 is 24.8 Å². The summed E-state index contributed by atoms with van der Waals surface area (Å²) in [7, 11) is -2.68. The number of hydrogen-bond acceptors (Lipinski definition) is 4. The van der Waals surface area contributed by atoms with Crippen molar-refractivity contribution in [3.05, 3.63) is 96.6 Å². The van der Waals surface area contributed by atoms with Gasteiger partial charge in [0.1, 0.15) is 6.61 Å². The average Bonchev–Trinajstić information content (AvgIpc) is 2.88. The Labute approximate surface area is 215 Å². The van der Waals surface area contributed by atoms with Crippen LogP contribution in [0.25, 0.3) is 0 Å². The van der Waals surface area contributed by atoms with E-state index in [2.05, 4.69) is 69.3 Å². The molecule has 0 saturated carbocycles. The van der Waals surface area contributed by atoms with Gasteiger partial charge >= 0.3 is 6.09 Å². The Hall–Kier alpha value is -2.93. The third kappa shape index (κ3) is 5.89. The number of likely N-dealkylation sites (tertiary alicyclic amines) is 1. The first kappa shape index (κ1) is 26.1. The molecule has 0 aliphatic carbocycles. The van der Waals surface area contributed by atoms with Crippen LogP contribution in [0.2, 0.25) is 5.04 Å². The van der Waals surface area contributed by atoms with Crippen molar-refractivity contribution in [2.45, 2.75) is 44.9 Å². The highest BCUT2D eigenvalue weighted by molar-refractivity contribution is 6.99. The fourth-order valence-electron chi connectivity index (χ4n) is 5.26. The first-order valence-corrected chi connectivity index (χ1v) is 14.6. The summed E-state index contributed by atoms with van der Waals surface area (Å²) >= 11 is 0. The minimum atomic E-state index is -2.68. The normalized spacial score (nSPS) is 18.6. The minimum Gasteiger partial charge on any atom is -0.445 e. The van der Waals surface area contributed by atoms with Crippen LogP contribution < -0.4 is 10.4 Å². The Bertz CT molecular complexity index is 1060. The number of amides is 1. The molecule has 1 aliphatic heterocycles. The van der Waals surface area contributed by atoms with Crippen LogP contribution in [0.5, 0.6) is 0 Å². The molecule has 1 N–H and O–H groups in total. The van der Waals surface area contributed by atoms with Gasteiger partial charge in [0.25, 0.3) is 8.32 Å². The second-order valence-corrected chi connectivity index (χ2v) is 15.0. The van der Waals surface area contributed by atoms with E-state index in [0.29, 0.717) is 19.6 Å². The van der Waals surface area contributed by atoms with Gasteiger partial charge in [0.05, 0.1) is 6.10 Å². The zero-order valence-electron chi connectivity index (χ0n) is 21.5. The largest absolute Gasteiger partial charge is 0.445 e. The smallest absolute Gasteiger partial charge is 0.410 e. The number of hydrogen-bond donors (Lipinski definition) is 1. The lowest BCUT2D eigenvalue weighted by atomic mass is 9.97. The molecule has 0 aromatic heterocycles. The molecule has 190 valence electrons. The van der Waals surface area contributed by atoms with Gasteiger partial charge in [0.2, 0.25) is 0 Å². The molecular formula is C30H37NO4Si. The summed E-state index contributed by atoms with van der Waals surface area (Å²) in [6.07, 6.45) is -0.399. The molecule has 2 unspecified atom stereocenters. The molecule has 36 heavy (non-hydrogen) atoms. The second-order valence-electron chi connectivity index (χ2n) is 10.7. The highest BCUT2D eigenvalue weighted by atomic mass is 28.4. The zero-order chi connectivity index (χ0) is 25.6. The third-order valence-corrected chi connectivity index (χ3v) is 11.9. The maximum atomic E-state index is 12.8. The quantitative estimate of drug-likeness (QED) is 0.480. The van der Waals surface area contributed by atoms with Crippen LogP contribution in [-0.4, -0.2) is 50.2 Å².